The molecule has 0 amide bonds. The molecule has 0 fully saturated rings. The third-order valence-corrected chi connectivity index (χ3v) is 4.67. The molecule has 0 spiro atoms. The number of anilines is 1. The van der Waals surface area contributed by atoms with Crippen LogP contribution in [0.15, 0.2) is 47.4 Å². The molecule has 0 aromatic heterocycles. The standard InChI is InChI=1S/C15H16N2O2S2/c1-10-6-7-11(2)14(8-10)17-21(18,19)13-5-3-4-12(9-13)15(16)20/h3-9,17H,1-2H3,(H2,16,20). The Labute approximate surface area is 130 Å². The molecule has 110 valence electrons. The third-order valence-electron chi connectivity index (χ3n) is 3.07. The Morgan fingerprint density at radius 3 is 2.52 bits per heavy atom. The molecule has 0 aliphatic carbocycles. The number of nitrogens with one attached hydrogen (secondary N) is 1. The van der Waals surface area contributed by atoms with E-state index >= 15 is 0 Å². The van der Waals surface area contributed by atoms with E-state index in [-0.39, 0.29) is 9.88 Å². The van der Waals surface area contributed by atoms with Crippen molar-refractivity contribution in [2.45, 2.75) is 18.7 Å². The van der Waals surface area contributed by atoms with Crippen molar-refractivity contribution in [3.63, 3.8) is 0 Å². The van der Waals surface area contributed by atoms with E-state index in [1.165, 1.54) is 12.1 Å². The zero-order valence-corrected chi connectivity index (χ0v) is 13.4. The molecule has 0 aliphatic heterocycles. The molecule has 2 aromatic carbocycles. The maximum absolute atomic E-state index is 12.4. The lowest BCUT2D eigenvalue weighted by Gasteiger charge is -2.12. The molecule has 0 atom stereocenters. The molecule has 4 nitrogen and oxygen atoms in total. The summed E-state index contributed by atoms with van der Waals surface area (Å²) in [6, 6.07) is 11.9. The second kappa shape index (κ2) is 5.83. The summed E-state index contributed by atoms with van der Waals surface area (Å²) in [6.07, 6.45) is 0. The molecular weight excluding hydrogens is 304 g/mol. The van der Waals surface area contributed by atoms with Crippen molar-refractivity contribution in [3.8, 4) is 0 Å². The van der Waals surface area contributed by atoms with Gasteiger partial charge in [0.05, 0.1) is 10.6 Å². The van der Waals surface area contributed by atoms with Gasteiger partial charge in [0.15, 0.2) is 0 Å². The van der Waals surface area contributed by atoms with Crippen LogP contribution in [0, 0.1) is 13.8 Å². The lowest BCUT2D eigenvalue weighted by Crippen LogP contribution is -2.16. The van der Waals surface area contributed by atoms with Crippen LogP contribution in [0.4, 0.5) is 5.69 Å². The SMILES string of the molecule is Cc1ccc(C)c(NS(=O)(=O)c2cccc(C(N)=S)c2)c1. The minimum Gasteiger partial charge on any atom is -0.389 e. The van der Waals surface area contributed by atoms with E-state index in [1.54, 1.807) is 18.2 Å². The van der Waals surface area contributed by atoms with E-state index < -0.39 is 10.0 Å². The average Bonchev–Trinajstić information content (AvgIpc) is 2.43. The normalized spacial score (nSPS) is 11.1. The van der Waals surface area contributed by atoms with Crippen molar-refractivity contribution >= 4 is 32.9 Å². The first kappa shape index (κ1) is 15.5. The number of aryl methyl sites for hydroxylation is 2. The number of nitrogens with two attached hydrogens (primary N) is 1. The topological polar surface area (TPSA) is 72.2 Å². The molecule has 3 N–H and O–H groups in total. The van der Waals surface area contributed by atoms with E-state index in [2.05, 4.69) is 4.72 Å². The number of hydrogen-bond donors (Lipinski definition) is 2. The number of rotatable bonds is 4. The number of hydrogen-bond acceptors (Lipinski definition) is 3. The summed E-state index contributed by atoms with van der Waals surface area (Å²) in [5, 5.41) is 0. The fourth-order valence-corrected chi connectivity index (χ4v) is 3.16. The van der Waals surface area contributed by atoms with Gasteiger partial charge in [-0.15, -0.1) is 0 Å². The lowest BCUT2D eigenvalue weighted by atomic mass is 10.1. The van der Waals surface area contributed by atoms with E-state index in [4.69, 9.17) is 18.0 Å². The van der Waals surface area contributed by atoms with Crippen LogP contribution < -0.4 is 10.5 Å². The zero-order valence-electron chi connectivity index (χ0n) is 11.8. The highest BCUT2D eigenvalue weighted by Gasteiger charge is 2.16. The van der Waals surface area contributed by atoms with Crippen molar-refractivity contribution in [2.24, 2.45) is 5.73 Å². The molecule has 6 heteroatoms. The molecule has 0 aliphatic rings. The van der Waals surface area contributed by atoms with Crippen molar-refractivity contribution < 1.29 is 8.42 Å². The fourth-order valence-electron chi connectivity index (χ4n) is 1.87. The maximum atomic E-state index is 12.4. The monoisotopic (exact) mass is 320 g/mol. The van der Waals surface area contributed by atoms with Gasteiger partial charge in [-0.1, -0.05) is 36.5 Å². The second-order valence-electron chi connectivity index (χ2n) is 4.82. The highest BCUT2D eigenvalue weighted by atomic mass is 32.2. The van der Waals surface area contributed by atoms with Crippen LogP contribution in [0.25, 0.3) is 0 Å². The molecule has 0 radical (unpaired) electrons. The van der Waals surface area contributed by atoms with Crippen LogP contribution in [-0.4, -0.2) is 13.4 Å². The van der Waals surface area contributed by atoms with Crippen molar-refractivity contribution in [2.75, 3.05) is 4.72 Å². The summed E-state index contributed by atoms with van der Waals surface area (Å²) in [5.74, 6) is 0. The van der Waals surface area contributed by atoms with E-state index in [1.807, 2.05) is 26.0 Å². The average molecular weight is 320 g/mol. The Hall–Kier alpha value is -1.92. The van der Waals surface area contributed by atoms with Crippen LogP contribution in [0.3, 0.4) is 0 Å². The van der Waals surface area contributed by atoms with Crippen LogP contribution >= 0.6 is 12.2 Å². The molecular formula is C15H16N2O2S2. The predicted molar refractivity (Wildman–Crippen MR) is 89.1 cm³/mol. The zero-order chi connectivity index (χ0) is 15.6. The minimum atomic E-state index is -3.67. The Bertz CT molecular complexity index is 799. The lowest BCUT2D eigenvalue weighted by molar-refractivity contribution is 0.601. The summed E-state index contributed by atoms with van der Waals surface area (Å²) in [7, 11) is -3.67. The molecule has 0 saturated heterocycles. The van der Waals surface area contributed by atoms with E-state index in [0.29, 0.717) is 11.3 Å². The number of benzene rings is 2. The van der Waals surface area contributed by atoms with Crippen molar-refractivity contribution in [1.82, 2.24) is 0 Å². The van der Waals surface area contributed by atoms with Crippen LogP contribution in [0.2, 0.25) is 0 Å². The predicted octanol–water partition coefficient (Wildman–Crippen LogP) is 2.74. The number of thiocarbonyl (C=S) groups is 1. The smallest absolute Gasteiger partial charge is 0.261 e. The van der Waals surface area contributed by atoms with Gasteiger partial charge in [0.25, 0.3) is 10.0 Å². The molecule has 0 unspecified atom stereocenters. The first-order valence-electron chi connectivity index (χ1n) is 6.29. The van der Waals surface area contributed by atoms with Gasteiger partial charge < -0.3 is 5.73 Å². The summed E-state index contributed by atoms with van der Waals surface area (Å²) in [6.45, 7) is 3.76. The maximum Gasteiger partial charge on any atom is 0.261 e. The van der Waals surface area contributed by atoms with Gasteiger partial charge in [0.1, 0.15) is 4.99 Å². The summed E-state index contributed by atoms with van der Waals surface area (Å²) < 4.78 is 27.5. The Balaban J connectivity index is 2.41. The molecule has 2 rings (SSSR count). The highest BCUT2D eigenvalue weighted by molar-refractivity contribution is 7.92. The Morgan fingerprint density at radius 2 is 1.86 bits per heavy atom. The third kappa shape index (κ3) is 3.59. The number of sulfonamides is 1. The van der Waals surface area contributed by atoms with Gasteiger partial charge in [-0.25, -0.2) is 8.42 Å². The van der Waals surface area contributed by atoms with Crippen molar-refractivity contribution in [3.05, 3.63) is 59.2 Å². The van der Waals surface area contributed by atoms with Crippen molar-refractivity contribution in [1.29, 1.82) is 0 Å². The molecule has 0 saturated carbocycles. The van der Waals surface area contributed by atoms with Gasteiger partial charge in [-0.05, 0) is 43.2 Å². The van der Waals surface area contributed by atoms with Gasteiger partial charge in [0, 0.05) is 5.56 Å². The van der Waals surface area contributed by atoms with Gasteiger partial charge in [-0.2, -0.15) is 0 Å². The van der Waals surface area contributed by atoms with Crippen LogP contribution in [-0.2, 0) is 10.0 Å². The Kier molecular flexibility index (Phi) is 4.29. The highest BCUT2D eigenvalue weighted by Crippen LogP contribution is 2.21. The fraction of sp³-hybridized carbons (Fsp3) is 0.133. The van der Waals surface area contributed by atoms with Crippen LogP contribution in [0.1, 0.15) is 16.7 Å². The van der Waals surface area contributed by atoms with Gasteiger partial charge in [0.2, 0.25) is 0 Å². The summed E-state index contributed by atoms with van der Waals surface area (Å²) >= 11 is 4.87. The summed E-state index contributed by atoms with van der Waals surface area (Å²) in [4.78, 5) is 0.299. The minimum absolute atomic E-state index is 0.133. The largest absolute Gasteiger partial charge is 0.389 e. The second-order valence-corrected chi connectivity index (χ2v) is 6.94. The van der Waals surface area contributed by atoms with Gasteiger partial charge in [-0.3, -0.25) is 4.72 Å². The van der Waals surface area contributed by atoms with Gasteiger partial charge >= 0.3 is 0 Å². The van der Waals surface area contributed by atoms with E-state index in [9.17, 15) is 8.42 Å². The summed E-state index contributed by atoms with van der Waals surface area (Å²) in [5.41, 5.74) is 8.46. The first-order valence-corrected chi connectivity index (χ1v) is 8.19. The molecule has 0 bridgehead atoms. The van der Waals surface area contributed by atoms with Crippen LogP contribution in [0.5, 0.6) is 0 Å². The first-order chi connectivity index (χ1) is 9.79. The Morgan fingerprint density at radius 1 is 1.14 bits per heavy atom. The van der Waals surface area contributed by atoms with E-state index in [0.717, 1.165) is 11.1 Å². The quantitative estimate of drug-likeness (QED) is 0.850. The molecule has 2 aromatic rings. The molecule has 0 heterocycles. The molecule has 21 heavy (non-hydrogen) atoms.